The van der Waals surface area contributed by atoms with Gasteiger partial charge >= 0.3 is 0 Å². The number of carbonyl (C=O) groups excluding carboxylic acids is 1. The number of thioether (sulfide) groups is 1. The summed E-state index contributed by atoms with van der Waals surface area (Å²) in [6.07, 6.45) is 0.0191. The van der Waals surface area contributed by atoms with Crippen molar-refractivity contribution in [1.82, 2.24) is 9.66 Å². The number of benzene rings is 5. The number of aromatic nitrogens is 2. The predicted octanol–water partition coefficient (Wildman–Crippen LogP) is 9.06. The SMILES string of the molecule is O=C1CSC(c2ccc(Cl)cc2)N1c1ccc(S(=O)(=O)Nn2c(Cc3ccccc3Nc3c(Cl)cccc3Cl)nc3cc(Cl)ccc3c2=O)cc1. The summed E-state index contributed by atoms with van der Waals surface area (Å²) in [7, 11) is -4.35. The van der Waals surface area contributed by atoms with Crippen molar-refractivity contribution >= 4 is 102 Å². The normalized spacial score (nSPS) is 14.6. The molecule has 15 heteroatoms. The topological polar surface area (TPSA) is 113 Å². The van der Waals surface area contributed by atoms with Gasteiger partial charge in [0.25, 0.3) is 15.6 Å². The van der Waals surface area contributed by atoms with Gasteiger partial charge in [0.15, 0.2) is 0 Å². The monoisotopic (exact) mass is 795 g/mol. The lowest BCUT2D eigenvalue weighted by atomic mass is 10.1. The van der Waals surface area contributed by atoms with Gasteiger partial charge in [-0.05, 0) is 83.9 Å². The van der Waals surface area contributed by atoms with E-state index in [1.807, 2.05) is 36.4 Å². The Bertz CT molecular complexity index is 2460. The summed E-state index contributed by atoms with van der Waals surface area (Å²) in [5, 5.41) is 4.86. The van der Waals surface area contributed by atoms with Crippen LogP contribution in [-0.2, 0) is 21.2 Å². The van der Waals surface area contributed by atoms with E-state index in [1.165, 1.54) is 36.0 Å². The van der Waals surface area contributed by atoms with E-state index in [2.05, 4.69) is 15.1 Å². The Hall–Kier alpha value is -4.23. The number of anilines is 3. The number of fused-ring (bicyclic) bond motifs is 1. The second-order valence-electron chi connectivity index (χ2n) is 11.5. The molecule has 1 amide bonds. The molecule has 258 valence electrons. The van der Waals surface area contributed by atoms with E-state index in [0.29, 0.717) is 48.2 Å². The first-order valence-electron chi connectivity index (χ1n) is 15.3. The molecule has 1 unspecified atom stereocenters. The highest BCUT2D eigenvalue weighted by Crippen LogP contribution is 2.42. The highest BCUT2D eigenvalue weighted by atomic mass is 35.5. The molecule has 0 aliphatic carbocycles. The van der Waals surface area contributed by atoms with Crippen LogP contribution in [0.2, 0.25) is 20.1 Å². The fraction of sp³-hybridized carbons (Fsp3) is 0.0833. The lowest BCUT2D eigenvalue weighted by Gasteiger charge is -2.24. The first-order valence-corrected chi connectivity index (χ1v) is 19.3. The van der Waals surface area contributed by atoms with Gasteiger partial charge in [-0.2, -0.15) is 13.1 Å². The third kappa shape index (κ3) is 7.28. The van der Waals surface area contributed by atoms with Crippen LogP contribution < -0.4 is 20.6 Å². The molecule has 1 aliphatic heterocycles. The molecule has 9 nitrogen and oxygen atoms in total. The quantitative estimate of drug-likeness (QED) is 0.150. The van der Waals surface area contributed by atoms with Crippen LogP contribution in [0.15, 0.2) is 119 Å². The number of amides is 1. The molecule has 0 bridgehead atoms. The van der Waals surface area contributed by atoms with Gasteiger partial charge in [0.1, 0.15) is 11.2 Å². The number of para-hydroxylation sites is 2. The molecule has 2 N–H and O–H groups in total. The third-order valence-corrected chi connectivity index (χ3v) is 11.8. The molecule has 1 aliphatic rings. The molecule has 7 rings (SSSR count). The second kappa shape index (κ2) is 14.4. The van der Waals surface area contributed by atoms with Gasteiger partial charge in [0.05, 0.1) is 37.3 Å². The lowest BCUT2D eigenvalue weighted by Crippen LogP contribution is -2.36. The summed E-state index contributed by atoms with van der Waals surface area (Å²) in [6.45, 7) is 0. The van der Waals surface area contributed by atoms with Crippen LogP contribution in [0.1, 0.15) is 22.3 Å². The fourth-order valence-electron chi connectivity index (χ4n) is 5.67. The number of nitrogens with one attached hydrogen (secondary N) is 2. The summed E-state index contributed by atoms with van der Waals surface area (Å²) in [5.41, 5.74) is 2.84. The van der Waals surface area contributed by atoms with Crippen LogP contribution in [0.3, 0.4) is 0 Å². The Morgan fingerprint density at radius 2 is 1.49 bits per heavy atom. The van der Waals surface area contributed by atoms with E-state index in [0.717, 1.165) is 10.2 Å². The number of rotatable bonds is 9. The largest absolute Gasteiger partial charge is 0.353 e. The van der Waals surface area contributed by atoms with Crippen LogP contribution in [0, 0.1) is 0 Å². The first-order chi connectivity index (χ1) is 24.5. The van der Waals surface area contributed by atoms with Gasteiger partial charge in [-0.25, -0.2) is 9.82 Å². The van der Waals surface area contributed by atoms with Crippen molar-refractivity contribution in [2.75, 3.05) is 20.8 Å². The van der Waals surface area contributed by atoms with E-state index in [1.54, 1.807) is 53.4 Å². The minimum Gasteiger partial charge on any atom is -0.353 e. The third-order valence-electron chi connectivity index (χ3n) is 8.15. The number of hydrogen-bond acceptors (Lipinski definition) is 7. The predicted molar refractivity (Wildman–Crippen MR) is 207 cm³/mol. The smallest absolute Gasteiger partial charge is 0.280 e. The summed E-state index contributed by atoms with van der Waals surface area (Å²) in [5.74, 6) is 0.254. The number of hydrogen-bond donors (Lipinski definition) is 2. The molecule has 0 saturated carbocycles. The Kier molecular flexibility index (Phi) is 9.95. The lowest BCUT2D eigenvalue weighted by molar-refractivity contribution is -0.115. The zero-order chi connectivity index (χ0) is 35.9. The zero-order valence-electron chi connectivity index (χ0n) is 26.2. The molecule has 1 saturated heterocycles. The van der Waals surface area contributed by atoms with E-state index < -0.39 is 15.6 Å². The van der Waals surface area contributed by atoms with Gasteiger partial charge in [-0.1, -0.05) is 82.8 Å². The van der Waals surface area contributed by atoms with Gasteiger partial charge in [0.2, 0.25) is 5.91 Å². The fourth-order valence-corrected chi connectivity index (χ4v) is 8.66. The summed E-state index contributed by atoms with van der Waals surface area (Å²) in [4.78, 5) is 35.5. The number of halogens is 4. The standard InChI is InChI=1S/C36H25Cl4N5O4S2/c37-23-10-8-21(9-11-23)36-44(33(46)20-50-36)25-13-15-26(16-14-25)51(48,49)43-45-32(41-31-19-24(38)12-17-27(31)35(45)47)18-22-4-1-2-7-30(22)42-34-28(39)5-3-6-29(34)40/h1-17,19,36,42-43H,18,20H2. The minimum atomic E-state index is -4.35. The molecule has 2 heterocycles. The van der Waals surface area contributed by atoms with Gasteiger partial charge in [-0.15, -0.1) is 11.8 Å². The molecule has 1 atom stereocenters. The van der Waals surface area contributed by atoms with Crippen molar-refractivity contribution in [3.63, 3.8) is 0 Å². The van der Waals surface area contributed by atoms with Crippen molar-refractivity contribution in [3.05, 3.63) is 157 Å². The molecule has 6 aromatic rings. The van der Waals surface area contributed by atoms with E-state index in [-0.39, 0.29) is 39.6 Å². The van der Waals surface area contributed by atoms with Gasteiger partial charge in [0, 0.05) is 27.8 Å². The first kappa shape index (κ1) is 35.2. The number of sulfonamides is 1. The van der Waals surface area contributed by atoms with Gasteiger partial charge < -0.3 is 5.32 Å². The maximum atomic E-state index is 13.9. The molecule has 5 aromatic carbocycles. The summed E-state index contributed by atoms with van der Waals surface area (Å²) >= 11 is 26.6. The molecule has 51 heavy (non-hydrogen) atoms. The van der Waals surface area contributed by atoms with Crippen LogP contribution >= 0.6 is 58.2 Å². The molecule has 1 fully saturated rings. The van der Waals surface area contributed by atoms with Crippen LogP contribution in [-0.4, -0.2) is 29.7 Å². The molecular formula is C36H25Cl4N5O4S2. The Labute approximate surface area is 317 Å². The van der Waals surface area contributed by atoms with E-state index >= 15 is 0 Å². The Balaban J connectivity index is 1.23. The molecule has 0 radical (unpaired) electrons. The zero-order valence-corrected chi connectivity index (χ0v) is 30.8. The number of nitrogens with zero attached hydrogens (tertiary/aromatic N) is 3. The van der Waals surface area contributed by atoms with Crippen LogP contribution in [0.5, 0.6) is 0 Å². The summed E-state index contributed by atoms with van der Waals surface area (Å²) < 4.78 is 28.7. The van der Waals surface area contributed by atoms with E-state index in [4.69, 9.17) is 46.4 Å². The average Bonchev–Trinajstić information content (AvgIpc) is 3.50. The summed E-state index contributed by atoms with van der Waals surface area (Å²) in [6, 6.07) is 30.1. The number of carbonyl (C=O) groups is 1. The highest BCUT2D eigenvalue weighted by molar-refractivity contribution is 8.00. The van der Waals surface area contributed by atoms with E-state index in [9.17, 15) is 18.0 Å². The maximum Gasteiger partial charge on any atom is 0.280 e. The van der Waals surface area contributed by atoms with Crippen LogP contribution in [0.25, 0.3) is 10.9 Å². The Morgan fingerprint density at radius 1 is 0.804 bits per heavy atom. The van der Waals surface area contributed by atoms with Crippen molar-refractivity contribution < 1.29 is 13.2 Å². The highest BCUT2D eigenvalue weighted by Gasteiger charge is 2.34. The van der Waals surface area contributed by atoms with Crippen molar-refractivity contribution in [2.24, 2.45) is 0 Å². The molecule has 1 aromatic heterocycles. The minimum absolute atomic E-state index is 0.0191. The van der Waals surface area contributed by atoms with Crippen molar-refractivity contribution in [1.29, 1.82) is 0 Å². The Morgan fingerprint density at radius 3 is 2.22 bits per heavy atom. The average molecular weight is 798 g/mol. The maximum absolute atomic E-state index is 13.9. The van der Waals surface area contributed by atoms with Gasteiger partial charge in [-0.3, -0.25) is 14.5 Å². The molecular weight excluding hydrogens is 772 g/mol. The van der Waals surface area contributed by atoms with Crippen molar-refractivity contribution in [3.8, 4) is 0 Å². The second-order valence-corrected chi connectivity index (χ2v) is 15.9. The molecule has 0 spiro atoms. The van der Waals surface area contributed by atoms with Crippen LogP contribution in [0.4, 0.5) is 17.1 Å². The van der Waals surface area contributed by atoms with Crippen molar-refractivity contribution in [2.45, 2.75) is 16.7 Å².